The van der Waals surface area contributed by atoms with Crippen LogP contribution in [0.3, 0.4) is 0 Å². The van der Waals surface area contributed by atoms with E-state index in [1.54, 1.807) is 12.1 Å². The molecule has 5 heteroatoms. The molecule has 0 fully saturated rings. The minimum absolute atomic E-state index is 0.105. The molecule has 0 spiro atoms. The summed E-state index contributed by atoms with van der Waals surface area (Å²) in [4.78, 5) is 11.7. The quantitative estimate of drug-likeness (QED) is 0.882. The molecule has 3 nitrogen and oxygen atoms in total. The van der Waals surface area contributed by atoms with Crippen LogP contribution in [0.1, 0.15) is 17.2 Å². The number of aliphatic hydroxyl groups is 1. The van der Waals surface area contributed by atoms with Crippen LogP contribution >= 0.6 is 11.3 Å². The van der Waals surface area contributed by atoms with Gasteiger partial charge in [0.25, 0.3) is 0 Å². The van der Waals surface area contributed by atoms with Gasteiger partial charge in [0.2, 0.25) is 5.91 Å². The molecule has 0 saturated heterocycles. The first-order valence-electron chi connectivity index (χ1n) is 5.86. The molecule has 0 aliphatic carbocycles. The van der Waals surface area contributed by atoms with Crippen LogP contribution in [-0.4, -0.2) is 17.6 Å². The normalized spacial score (nSPS) is 12.1. The van der Waals surface area contributed by atoms with Crippen LogP contribution in [0.15, 0.2) is 41.1 Å². The largest absolute Gasteiger partial charge is 0.387 e. The Bertz CT molecular complexity index is 542. The van der Waals surface area contributed by atoms with Crippen molar-refractivity contribution in [1.82, 2.24) is 5.32 Å². The van der Waals surface area contributed by atoms with Crippen molar-refractivity contribution in [3.05, 3.63) is 58.0 Å². The average Bonchev–Trinajstić information content (AvgIpc) is 2.90. The van der Waals surface area contributed by atoms with Gasteiger partial charge in [-0.05, 0) is 40.1 Å². The maximum absolute atomic E-state index is 12.9. The molecular formula is C14H14FNO2S. The fourth-order valence-corrected chi connectivity index (χ4v) is 2.39. The third kappa shape index (κ3) is 4.15. The van der Waals surface area contributed by atoms with Gasteiger partial charge in [0.05, 0.1) is 12.5 Å². The highest BCUT2D eigenvalue weighted by atomic mass is 32.1. The summed E-state index contributed by atoms with van der Waals surface area (Å²) in [5.74, 6) is -0.594. The van der Waals surface area contributed by atoms with E-state index in [4.69, 9.17) is 0 Å². The number of carbonyl (C=O) groups excluding carboxylic acids is 1. The summed E-state index contributed by atoms with van der Waals surface area (Å²) in [6.07, 6.45) is -0.601. The van der Waals surface area contributed by atoms with Crippen LogP contribution in [0.25, 0.3) is 0 Å². The van der Waals surface area contributed by atoms with Gasteiger partial charge in [0.1, 0.15) is 5.82 Å². The molecule has 0 saturated carbocycles. The van der Waals surface area contributed by atoms with Crippen LogP contribution in [0, 0.1) is 5.82 Å². The fourth-order valence-electron chi connectivity index (χ4n) is 1.69. The number of thiophene rings is 1. The number of halogens is 1. The number of hydrogen-bond acceptors (Lipinski definition) is 3. The Kier molecular flexibility index (Phi) is 4.65. The van der Waals surface area contributed by atoms with Gasteiger partial charge in [0.15, 0.2) is 0 Å². The van der Waals surface area contributed by atoms with E-state index in [2.05, 4.69) is 5.32 Å². The highest BCUT2D eigenvalue weighted by Gasteiger charge is 2.10. The van der Waals surface area contributed by atoms with Gasteiger partial charge in [-0.15, -0.1) is 0 Å². The molecule has 1 heterocycles. The zero-order valence-corrected chi connectivity index (χ0v) is 11.0. The standard InChI is InChI=1S/C14H14FNO2S/c15-12-3-1-2-10(6-12)7-14(18)16-8-13(17)11-4-5-19-9-11/h1-6,9,13,17H,7-8H2,(H,16,18). The first kappa shape index (κ1) is 13.7. The molecule has 2 N–H and O–H groups in total. The number of rotatable bonds is 5. The minimum atomic E-state index is -0.706. The molecule has 0 radical (unpaired) electrons. The second kappa shape index (κ2) is 6.45. The molecule has 100 valence electrons. The second-order valence-corrected chi connectivity index (χ2v) is 4.96. The van der Waals surface area contributed by atoms with Gasteiger partial charge in [-0.3, -0.25) is 4.79 Å². The Morgan fingerprint density at radius 2 is 2.26 bits per heavy atom. The van der Waals surface area contributed by atoms with Crippen LogP contribution in [0.5, 0.6) is 0 Å². The van der Waals surface area contributed by atoms with Gasteiger partial charge in [-0.2, -0.15) is 11.3 Å². The Balaban J connectivity index is 1.82. The molecule has 0 aliphatic rings. The maximum atomic E-state index is 12.9. The molecule has 0 aliphatic heterocycles. The lowest BCUT2D eigenvalue weighted by Crippen LogP contribution is -2.29. The predicted molar refractivity (Wildman–Crippen MR) is 72.4 cm³/mol. The van der Waals surface area contributed by atoms with Gasteiger partial charge < -0.3 is 10.4 Å². The third-order valence-corrected chi connectivity index (χ3v) is 3.38. The zero-order valence-electron chi connectivity index (χ0n) is 10.2. The maximum Gasteiger partial charge on any atom is 0.224 e. The SMILES string of the molecule is O=C(Cc1cccc(F)c1)NCC(O)c1ccsc1. The Labute approximate surface area is 114 Å². The van der Waals surface area contributed by atoms with Gasteiger partial charge in [-0.1, -0.05) is 12.1 Å². The zero-order chi connectivity index (χ0) is 13.7. The summed E-state index contributed by atoms with van der Waals surface area (Å²) >= 11 is 1.49. The average molecular weight is 279 g/mol. The van der Waals surface area contributed by atoms with Crippen LogP contribution in [-0.2, 0) is 11.2 Å². The lowest BCUT2D eigenvalue weighted by molar-refractivity contribution is -0.120. The van der Waals surface area contributed by atoms with Crippen molar-refractivity contribution in [1.29, 1.82) is 0 Å². The molecule has 1 amide bonds. The molecule has 1 unspecified atom stereocenters. The van der Waals surface area contributed by atoms with E-state index in [1.807, 2.05) is 16.8 Å². The Morgan fingerprint density at radius 1 is 1.42 bits per heavy atom. The minimum Gasteiger partial charge on any atom is -0.387 e. The molecule has 1 aromatic heterocycles. The third-order valence-electron chi connectivity index (χ3n) is 2.67. The summed E-state index contributed by atoms with van der Waals surface area (Å²) in [5.41, 5.74) is 1.40. The van der Waals surface area contributed by atoms with Crippen molar-refractivity contribution in [3.8, 4) is 0 Å². The van der Waals surface area contributed by atoms with Crippen molar-refractivity contribution in [2.45, 2.75) is 12.5 Å². The van der Waals surface area contributed by atoms with E-state index in [1.165, 1.54) is 23.5 Å². The number of nitrogens with one attached hydrogen (secondary N) is 1. The molecule has 2 rings (SSSR count). The van der Waals surface area contributed by atoms with Crippen LogP contribution in [0.4, 0.5) is 4.39 Å². The van der Waals surface area contributed by atoms with Crippen molar-refractivity contribution >= 4 is 17.2 Å². The van der Waals surface area contributed by atoms with Crippen molar-refractivity contribution in [2.75, 3.05) is 6.54 Å². The lowest BCUT2D eigenvalue weighted by Gasteiger charge is -2.10. The summed E-state index contributed by atoms with van der Waals surface area (Å²) in [6, 6.07) is 7.74. The number of benzene rings is 1. The number of hydrogen-bond donors (Lipinski definition) is 2. The van der Waals surface area contributed by atoms with Crippen molar-refractivity contribution in [3.63, 3.8) is 0 Å². The number of aliphatic hydroxyl groups excluding tert-OH is 1. The molecule has 2 aromatic rings. The highest BCUT2D eigenvalue weighted by Crippen LogP contribution is 2.15. The number of carbonyl (C=O) groups is 1. The van der Waals surface area contributed by atoms with Crippen LogP contribution in [0.2, 0.25) is 0 Å². The van der Waals surface area contributed by atoms with Gasteiger partial charge in [0, 0.05) is 6.54 Å². The topological polar surface area (TPSA) is 49.3 Å². The fraction of sp³-hybridized carbons (Fsp3) is 0.214. The summed E-state index contributed by atoms with van der Waals surface area (Å²) in [6.45, 7) is 0.158. The molecule has 19 heavy (non-hydrogen) atoms. The van der Waals surface area contributed by atoms with E-state index in [0.29, 0.717) is 5.56 Å². The van der Waals surface area contributed by atoms with Crippen molar-refractivity contribution < 1.29 is 14.3 Å². The number of amides is 1. The molecule has 0 bridgehead atoms. The smallest absolute Gasteiger partial charge is 0.224 e. The van der Waals surface area contributed by atoms with Crippen LogP contribution < -0.4 is 5.32 Å². The molecule has 1 aromatic carbocycles. The lowest BCUT2D eigenvalue weighted by atomic mass is 10.1. The first-order chi connectivity index (χ1) is 9.15. The van der Waals surface area contributed by atoms with Gasteiger partial charge in [-0.25, -0.2) is 4.39 Å². The van der Waals surface area contributed by atoms with E-state index in [0.717, 1.165) is 5.56 Å². The van der Waals surface area contributed by atoms with E-state index >= 15 is 0 Å². The summed E-state index contributed by atoms with van der Waals surface area (Å²) < 4.78 is 12.9. The Morgan fingerprint density at radius 3 is 2.95 bits per heavy atom. The predicted octanol–water partition coefficient (Wildman–Crippen LogP) is 2.28. The summed E-state index contributed by atoms with van der Waals surface area (Å²) in [5, 5.41) is 16.1. The van der Waals surface area contributed by atoms with E-state index in [-0.39, 0.29) is 24.7 Å². The van der Waals surface area contributed by atoms with Gasteiger partial charge >= 0.3 is 0 Å². The molecular weight excluding hydrogens is 265 g/mol. The second-order valence-electron chi connectivity index (χ2n) is 4.18. The van der Waals surface area contributed by atoms with E-state index < -0.39 is 6.10 Å². The Hall–Kier alpha value is -1.72. The summed E-state index contributed by atoms with van der Waals surface area (Å²) in [7, 11) is 0. The highest BCUT2D eigenvalue weighted by molar-refractivity contribution is 7.07. The first-order valence-corrected chi connectivity index (χ1v) is 6.81. The monoisotopic (exact) mass is 279 g/mol. The van der Waals surface area contributed by atoms with E-state index in [9.17, 15) is 14.3 Å². The van der Waals surface area contributed by atoms with Crippen molar-refractivity contribution in [2.24, 2.45) is 0 Å². The molecule has 1 atom stereocenters.